The second kappa shape index (κ2) is 17.7. The summed E-state index contributed by atoms with van der Waals surface area (Å²) in [4.78, 5) is 28.9. The number of hydrogen-bond donors (Lipinski definition) is 3. The quantitative estimate of drug-likeness (QED) is 0.0960. The molecule has 1 aliphatic rings. The van der Waals surface area contributed by atoms with E-state index in [4.69, 9.17) is 24.2 Å². The third kappa shape index (κ3) is 10.1. The van der Waals surface area contributed by atoms with E-state index in [0.717, 1.165) is 55.1 Å². The molecule has 0 radical (unpaired) electrons. The summed E-state index contributed by atoms with van der Waals surface area (Å²) < 4.78 is 16.8. The summed E-state index contributed by atoms with van der Waals surface area (Å²) >= 11 is 1.80. The highest BCUT2D eigenvalue weighted by molar-refractivity contribution is 7.11. The van der Waals surface area contributed by atoms with Crippen molar-refractivity contribution >= 4 is 28.9 Å². The van der Waals surface area contributed by atoms with Gasteiger partial charge in [-0.25, -0.2) is 4.79 Å². The summed E-state index contributed by atoms with van der Waals surface area (Å²) in [6.07, 6.45) is 3.16. The molecule has 12 heteroatoms. The van der Waals surface area contributed by atoms with Gasteiger partial charge in [-0.05, 0) is 79.9 Å². The van der Waals surface area contributed by atoms with Crippen LogP contribution in [0.1, 0.15) is 59.2 Å². The fraction of sp³-hybridized carbons (Fsp3) is 0.417. The van der Waals surface area contributed by atoms with Crippen LogP contribution in [0.15, 0.2) is 60.7 Å². The minimum Gasteiger partial charge on any atom is -0.497 e. The molecule has 4 aromatic rings. The van der Waals surface area contributed by atoms with Crippen LogP contribution < -0.4 is 29.7 Å². The van der Waals surface area contributed by atoms with Gasteiger partial charge in [0, 0.05) is 42.5 Å². The van der Waals surface area contributed by atoms with Gasteiger partial charge in [-0.2, -0.15) is 9.97 Å². The number of anilines is 2. The molecule has 3 heterocycles. The van der Waals surface area contributed by atoms with Gasteiger partial charge in [0.2, 0.25) is 0 Å². The van der Waals surface area contributed by atoms with Crippen molar-refractivity contribution in [3.05, 3.63) is 87.2 Å². The molecule has 1 aliphatic heterocycles. The Bertz CT molecular complexity index is 1540. The summed E-state index contributed by atoms with van der Waals surface area (Å²) in [6.45, 7) is 7.70. The summed E-state index contributed by atoms with van der Waals surface area (Å²) in [5.74, 6) is 1.94. The monoisotopic (exact) mass is 674 g/mol. The van der Waals surface area contributed by atoms with Crippen molar-refractivity contribution in [3.8, 4) is 17.5 Å². The Morgan fingerprint density at radius 1 is 0.896 bits per heavy atom. The topological polar surface area (TPSA) is 121 Å². The molecule has 1 amide bonds. The first-order valence-electron chi connectivity index (χ1n) is 16.5. The smallest absolute Gasteiger partial charge is 0.409 e. The molecular weight excluding hydrogens is 628 g/mol. The molecule has 48 heavy (non-hydrogen) atoms. The average Bonchev–Trinajstić information content (AvgIpc) is 3.78. The third-order valence-corrected chi connectivity index (χ3v) is 9.23. The fourth-order valence-corrected chi connectivity index (χ4v) is 6.64. The maximum atomic E-state index is 12.2. The van der Waals surface area contributed by atoms with Crippen LogP contribution in [0.3, 0.4) is 0 Å². The molecule has 256 valence electrons. The number of amides is 1. The lowest BCUT2D eigenvalue weighted by Crippen LogP contribution is -2.27. The Balaban J connectivity index is 1.46. The molecule has 2 aromatic heterocycles. The number of thiophene rings is 1. The van der Waals surface area contributed by atoms with Gasteiger partial charge in [0.25, 0.3) is 0 Å². The van der Waals surface area contributed by atoms with E-state index in [9.17, 15) is 9.90 Å². The fourth-order valence-electron chi connectivity index (χ4n) is 5.61. The lowest BCUT2D eigenvalue weighted by molar-refractivity contribution is 0.209. The summed E-state index contributed by atoms with van der Waals surface area (Å²) in [5.41, 5.74) is 2.83. The predicted octanol–water partition coefficient (Wildman–Crippen LogP) is 6.92. The largest absolute Gasteiger partial charge is 0.497 e. The van der Waals surface area contributed by atoms with Crippen LogP contribution in [0, 0.1) is 0 Å². The molecule has 5 rings (SSSR count). The average molecular weight is 675 g/mol. The first-order chi connectivity index (χ1) is 23.4. The first kappa shape index (κ1) is 34.9. The maximum absolute atomic E-state index is 12.2. The van der Waals surface area contributed by atoms with Crippen LogP contribution in [0.25, 0.3) is 0 Å². The molecule has 1 saturated heterocycles. The number of aromatic nitrogens is 2. The van der Waals surface area contributed by atoms with Gasteiger partial charge in [0.15, 0.2) is 5.82 Å². The van der Waals surface area contributed by atoms with E-state index < -0.39 is 6.09 Å². The van der Waals surface area contributed by atoms with Crippen LogP contribution in [-0.2, 0) is 32.7 Å². The summed E-state index contributed by atoms with van der Waals surface area (Å²) in [7, 11) is 3.27. The molecule has 3 N–H and O–H groups in total. The van der Waals surface area contributed by atoms with Gasteiger partial charge in [-0.15, -0.1) is 11.3 Å². The van der Waals surface area contributed by atoms with Crippen molar-refractivity contribution in [1.29, 1.82) is 0 Å². The van der Waals surface area contributed by atoms with E-state index in [1.165, 1.54) is 22.6 Å². The van der Waals surface area contributed by atoms with E-state index in [0.29, 0.717) is 50.0 Å². The van der Waals surface area contributed by atoms with Crippen LogP contribution in [0.4, 0.5) is 16.3 Å². The highest BCUT2D eigenvalue weighted by Gasteiger charge is 2.23. The molecular formula is C36H46N6O5S. The Morgan fingerprint density at radius 2 is 1.52 bits per heavy atom. The number of nitrogens with one attached hydrogen (secondary N) is 2. The lowest BCUT2D eigenvalue weighted by atomic mass is 10.1. The maximum Gasteiger partial charge on any atom is 0.409 e. The zero-order valence-electron chi connectivity index (χ0n) is 28.0. The van der Waals surface area contributed by atoms with Gasteiger partial charge in [0.05, 0.1) is 26.5 Å². The number of rotatable bonds is 18. The predicted molar refractivity (Wildman–Crippen MR) is 189 cm³/mol. The van der Waals surface area contributed by atoms with Gasteiger partial charge < -0.3 is 29.5 Å². The highest BCUT2D eigenvalue weighted by Crippen LogP contribution is 2.33. The van der Waals surface area contributed by atoms with Gasteiger partial charge in [-0.1, -0.05) is 37.6 Å². The third-order valence-electron chi connectivity index (χ3n) is 8.16. The van der Waals surface area contributed by atoms with Crippen molar-refractivity contribution < 1.29 is 24.1 Å². The molecule has 0 atom stereocenters. The van der Waals surface area contributed by atoms with Crippen molar-refractivity contribution in [2.24, 2.45) is 0 Å². The number of nitrogens with zero attached hydrogens (tertiary/aromatic N) is 4. The van der Waals surface area contributed by atoms with Crippen LogP contribution >= 0.6 is 11.3 Å². The van der Waals surface area contributed by atoms with Gasteiger partial charge in [-0.3, -0.25) is 10.2 Å². The summed E-state index contributed by atoms with van der Waals surface area (Å²) in [6, 6.07) is 20.2. The van der Waals surface area contributed by atoms with E-state index >= 15 is 0 Å². The first-order valence-corrected chi connectivity index (χ1v) is 17.3. The Kier molecular flexibility index (Phi) is 12.9. The van der Waals surface area contributed by atoms with Crippen LogP contribution in [0.5, 0.6) is 17.5 Å². The number of benzene rings is 2. The van der Waals surface area contributed by atoms with Crippen molar-refractivity contribution in [2.45, 2.75) is 65.3 Å². The highest BCUT2D eigenvalue weighted by atomic mass is 32.1. The number of unbranched alkanes of at least 4 members (excludes halogenated alkanes) is 1. The SMILES string of the molecule is CCCCOc1nc(CNCc2ccc(CN3CCCC3)s2)c(NC(=O)O)c(N(Cc2ccc(OC)cc2)Cc2ccc(OC)cc2)n1. The second-order valence-corrected chi connectivity index (χ2v) is 13.0. The molecule has 0 spiro atoms. The molecule has 11 nitrogen and oxygen atoms in total. The number of carboxylic acid groups (broad SMARTS) is 1. The van der Waals surface area contributed by atoms with Gasteiger partial charge >= 0.3 is 12.1 Å². The molecule has 0 saturated carbocycles. The minimum absolute atomic E-state index is 0.213. The summed E-state index contributed by atoms with van der Waals surface area (Å²) in [5, 5.41) is 16.1. The van der Waals surface area contributed by atoms with E-state index in [-0.39, 0.29) is 6.01 Å². The molecule has 2 aromatic carbocycles. The van der Waals surface area contributed by atoms with Crippen LogP contribution in [0.2, 0.25) is 0 Å². The molecule has 0 bridgehead atoms. The van der Waals surface area contributed by atoms with Crippen molar-refractivity contribution in [2.75, 3.05) is 44.1 Å². The van der Waals surface area contributed by atoms with E-state index in [1.807, 2.05) is 53.4 Å². The number of hydrogen-bond acceptors (Lipinski definition) is 10. The molecule has 1 fully saturated rings. The molecule has 0 aliphatic carbocycles. The zero-order chi connectivity index (χ0) is 33.7. The normalized spacial score (nSPS) is 13.0. The van der Waals surface area contributed by atoms with E-state index in [1.54, 1.807) is 25.6 Å². The Labute approximate surface area is 286 Å². The van der Waals surface area contributed by atoms with Gasteiger partial charge in [0.1, 0.15) is 17.2 Å². The number of carbonyl (C=O) groups is 1. The Morgan fingerprint density at radius 3 is 2.10 bits per heavy atom. The van der Waals surface area contributed by atoms with E-state index in [2.05, 4.69) is 34.6 Å². The second-order valence-electron chi connectivity index (χ2n) is 11.8. The number of likely N-dealkylation sites (tertiary alicyclic amines) is 1. The standard InChI is InChI=1S/C36H46N6O5S/c1-4-5-20-47-35-38-32(22-37-21-30-16-17-31(48-30)25-41-18-6-7-19-41)33(39-36(43)44)34(40-35)42(23-26-8-12-28(45-2)13-9-26)24-27-10-14-29(46-3)15-11-27/h8-17,37,39H,4-7,18-25H2,1-3H3,(H,43,44). The number of methoxy groups -OCH3 is 2. The molecule has 0 unspecified atom stereocenters. The van der Waals surface area contributed by atoms with Crippen LogP contribution in [-0.4, -0.2) is 60.0 Å². The lowest BCUT2D eigenvalue weighted by Gasteiger charge is -2.27. The minimum atomic E-state index is -1.19. The zero-order valence-corrected chi connectivity index (χ0v) is 28.9. The number of ether oxygens (including phenoxy) is 3. The van der Waals surface area contributed by atoms with Crippen molar-refractivity contribution in [3.63, 3.8) is 0 Å². The van der Waals surface area contributed by atoms with Crippen molar-refractivity contribution in [1.82, 2.24) is 20.2 Å². The Hall–Kier alpha value is -4.39.